The van der Waals surface area contributed by atoms with E-state index in [1.807, 2.05) is 24.3 Å². The van der Waals surface area contributed by atoms with Crippen LogP contribution in [0.3, 0.4) is 0 Å². The Kier molecular flexibility index (Phi) is 5.87. The Hall–Kier alpha value is -2.92. The van der Waals surface area contributed by atoms with E-state index in [0.717, 1.165) is 11.1 Å². The molecular weight excluding hydrogens is 306 g/mol. The van der Waals surface area contributed by atoms with E-state index in [1.54, 1.807) is 24.3 Å². The van der Waals surface area contributed by atoms with E-state index in [9.17, 15) is 14.7 Å². The fraction of sp³-hybridized carbons (Fsp3) is 0.158. The van der Waals surface area contributed by atoms with Crippen LogP contribution in [0.1, 0.15) is 34.0 Å². The van der Waals surface area contributed by atoms with Crippen molar-refractivity contribution in [3.63, 3.8) is 0 Å². The third-order valence-electron chi connectivity index (χ3n) is 3.46. The summed E-state index contributed by atoms with van der Waals surface area (Å²) in [6.07, 6.45) is 2.21. The average Bonchev–Trinajstić information content (AvgIpc) is 2.58. The van der Waals surface area contributed by atoms with Gasteiger partial charge in [0.1, 0.15) is 5.76 Å². The summed E-state index contributed by atoms with van der Waals surface area (Å²) in [5.41, 5.74) is 8.06. The van der Waals surface area contributed by atoms with Gasteiger partial charge in [0.2, 0.25) is 0 Å². The molecule has 24 heavy (non-hydrogen) atoms. The van der Waals surface area contributed by atoms with E-state index in [-0.39, 0.29) is 11.3 Å². The summed E-state index contributed by atoms with van der Waals surface area (Å²) in [6.45, 7) is 1.76. The number of ether oxygens (including phenoxy) is 1. The molecule has 124 valence electrons. The fourth-order valence-corrected chi connectivity index (χ4v) is 2.27. The summed E-state index contributed by atoms with van der Waals surface area (Å²) in [5.74, 6) is -1.33. The summed E-state index contributed by atoms with van der Waals surface area (Å²) in [5, 5.41) is 9.31. The molecule has 0 aromatic heterocycles. The number of rotatable bonds is 6. The van der Waals surface area contributed by atoms with E-state index in [0.29, 0.717) is 18.5 Å². The number of aromatic carboxylic acids is 1. The van der Waals surface area contributed by atoms with Crippen LogP contribution in [-0.4, -0.2) is 17.0 Å². The van der Waals surface area contributed by atoms with Gasteiger partial charge in [0.15, 0.2) is 0 Å². The molecule has 0 saturated heterocycles. The second kappa shape index (κ2) is 8.08. The van der Waals surface area contributed by atoms with E-state index < -0.39 is 11.9 Å². The van der Waals surface area contributed by atoms with Crippen molar-refractivity contribution in [3.05, 3.63) is 76.9 Å². The molecule has 0 saturated carbocycles. The number of hydrogen-bond donors (Lipinski definition) is 2. The zero-order valence-corrected chi connectivity index (χ0v) is 13.4. The molecule has 0 unspecified atom stereocenters. The molecule has 0 aliphatic heterocycles. The lowest BCUT2D eigenvalue weighted by Gasteiger charge is -2.10. The smallest absolute Gasteiger partial charge is 0.336 e. The number of carboxylic acid groups (broad SMARTS) is 1. The van der Waals surface area contributed by atoms with Gasteiger partial charge >= 0.3 is 11.9 Å². The largest absolute Gasteiger partial charge is 0.478 e. The molecular formula is C19H19NO4. The van der Waals surface area contributed by atoms with Crippen molar-refractivity contribution >= 4 is 17.7 Å². The first-order valence-electron chi connectivity index (χ1n) is 7.50. The minimum absolute atomic E-state index is 0.0866. The van der Waals surface area contributed by atoms with Crippen molar-refractivity contribution in [2.24, 2.45) is 5.73 Å². The Labute approximate surface area is 140 Å². The molecule has 0 aliphatic rings. The molecule has 0 atom stereocenters. The van der Waals surface area contributed by atoms with Gasteiger partial charge in [-0.1, -0.05) is 42.5 Å². The number of carbonyl (C=O) groups is 2. The standard InChI is InChI=1S/C19H19NO4/c1-13(21)24-18(16-4-2-3-5-17(16)19(22)23)11-10-14-6-8-15(12-20)9-7-14/h2-9,11H,10,12,20H2,1H3,(H,22,23). The van der Waals surface area contributed by atoms with E-state index >= 15 is 0 Å². The molecule has 0 spiro atoms. The number of allylic oxidation sites excluding steroid dienone is 1. The third kappa shape index (κ3) is 4.54. The molecule has 0 amide bonds. The Morgan fingerprint density at radius 2 is 1.62 bits per heavy atom. The zero-order valence-electron chi connectivity index (χ0n) is 13.4. The number of carbonyl (C=O) groups excluding carboxylic acids is 1. The summed E-state index contributed by atoms with van der Waals surface area (Å²) in [7, 11) is 0. The highest BCUT2D eigenvalue weighted by Gasteiger charge is 2.15. The molecule has 5 nitrogen and oxygen atoms in total. The van der Waals surface area contributed by atoms with Crippen LogP contribution in [0, 0.1) is 0 Å². The molecule has 0 heterocycles. The van der Waals surface area contributed by atoms with Crippen LogP contribution >= 0.6 is 0 Å². The molecule has 2 aromatic rings. The van der Waals surface area contributed by atoms with E-state index in [2.05, 4.69) is 0 Å². The van der Waals surface area contributed by atoms with Gasteiger partial charge < -0.3 is 15.6 Å². The quantitative estimate of drug-likeness (QED) is 0.629. The van der Waals surface area contributed by atoms with Crippen LogP contribution < -0.4 is 5.73 Å². The third-order valence-corrected chi connectivity index (χ3v) is 3.46. The Balaban J connectivity index is 2.34. The molecule has 0 radical (unpaired) electrons. The Morgan fingerprint density at radius 3 is 2.17 bits per heavy atom. The maximum absolute atomic E-state index is 11.4. The van der Waals surface area contributed by atoms with Crippen LogP contribution in [-0.2, 0) is 22.5 Å². The van der Waals surface area contributed by atoms with Gasteiger partial charge in [-0.15, -0.1) is 0 Å². The zero-order chi connectivity index (χ0) is 17.5. The van der Waals surface area contributed by atoms with Crippen LogP contribution in [0.4, 0.5) is 0 Å². The topological polar surface area (TPSA) is 89.6 Å². The first kappa shape index (κ1) is 17.4. The Bertz CT molecular complexity index is 763. The monoisotopic (exact) mass is 325 g/mol. The first-order valence-corrected chi connectivity index (χ1v) is 7.50. The highest BCUT2D eigenvalue weighted by Crippen LogP contribution is 2.22. The number of carboxylic acids is 1. The predicted molar refractivity (Wildman–Crippen MR) is 91.2 cm³/mol. The summed E-state index contributed by atoms with van der Waals surface area (Å²) < 4.78 is 5.23. The van der Waals surface area contributed by atoms with Crippen molar-refractivity contribution in [2.75, 3.05) is 0 Å². The van der Waals surface area contributed by atoms with Crippen LogP contribution in [0.25, 0.3) is 5.76 Å². The maximum atomic E-state index is 11.4. The molecule has 2 rings (SSSR count). The second-order valence-electron chi connectivity index (χ2n) is 5.24. The van der Waals surface area contributed by atoms with Gasteiger partial charge in [-0.2, -0.15) is 0 Å². The van der Waals surface area contributed by atoms with E-state index in [1.165, 1.54) is 13.0 Å². The predicted octanol–water partition coefficient (Wildman–Crippen LogP) is 2.99. The van der Waals surface area contributed by atoms with Gasteiger partial charge in [0.25, 0.3) is 0 Å². The van der Waals surface area contributed by atoms with Crippen molar-refractivity contribution < 1.29 is 19.4 Å². The highest BCUT2D eigenvalue weighted by molar-refractivity contribution is 5.94. The van der Waals surface area contributed by atoms with Crippen molar-refractivity contribution in [1.29, 1.82) is 0 Å². The number of esters is 1. The molecule has 0 aliphatic carbocycles. The SMILES string of the molecule is CC(=O)OC(=CCc1ccc(CN)cc1)c1ccccc1C(=O)O. The summed E-state index contributed by atoms with van der Waals surface area (Å²) in [4.78, 5) is 22.8. The van der Waals surface area contributed by atoms with Crippen LogP contribution in [0.2, 0.25) is 0 Å². The summed E-state index contributed by atoms with van der Waals surface area (Å²) in [6, 6.07) is 14.2. The fourth-order valence-electron chi connectivity index (χ4n) is 2.27. The van der Waals surface area contributed by atoms with Gasteiger partial charge in [0, 0.05) is 19.0 Å². The molecule has 0 bridgehead atoms. The van der Waals surface area contributed by atoms with E-state index in [4.69, 9.17) is 10.5 Å². The molecule has 2 aromatic carbocycles. The lowest BCUT2D eigenvalue weighted by Crippen LogP contribution is -2.06. The van der Waals surface area contributed by atoms with Crippen molar-refractivity contribution in [2.45, 2.75) is 19.9 Å². The highest BCUT2D eigenvalue weighted by atomic mass is 16.5. The van der Waals surface area contributed by atoms with Crippen LogP contribution in [0.15, 0.2) is 54.6 Å². The van der Waals surface area contributed by atoms with Gasteiger partial charge in [-0.25, -0.2) is 4.79 Å². The molecule has 5 heteroatoms. The number of benzene rings is 2. The lowest BCUT2D eigenvalue weighted by atomic mass is 10.0. The first-order chi connectivity index (χ1) is 11.5. The minimum Gasteiger partial charge on any atom is -0.478 e. The molecule has 3 N–H and O–H groups in total. The van der Waals surface area contributed by atoms with Crippen molar-refractivity contribution in [3.8, 4) is 0 Å². The number of nitrogens with two attached hydrogens (primary N) is 1. The van der Waals surface area contributed by atoms with Gasteiger partial charge in [0.05, 0.1) is 5.56 Å². The molecule has 0 fully saturated rings. The van der Waals surface area contributed by atoms with Gasteiger partial charge in [-0.3, -0.25) is 4.79 Å². The normalized spacial score (nSPS) is 11.2. The maximum Gasteiger partial charge on any atom is 0.336 e. The van der Waals surface area contributed by atoms with Crippen LogP contribution in [0.5, 0.6) is 0 Å². The van der Waals surface area contributed by atoms with Gasteiger partial charge in [-0.05, 0) is 29.7 Å². The number of hydrogen-bond acceptors (Lipinski definition) is 4. The minimum atomic E-state index is -1.07. The average molecular weight is 325 g/mol. The lowest BCUT2D eigenvalue weighted by molar-refractivity contribution is -0.134. The summed E-state index contributed by atoms with van der Waals surface area (Å²) >= 11 is 0. The second-order valence-corrected chi connectivity index (χ2v) is 5.24. The van der Waals surface area contributed by atoms with Crippen molar-refractivity contribution in [1.82, 2.24) is 0 Å². The Morgan fingerprint density at radius 1 is 1.04 bits per heavy atom.